The fourth-order valence-corrected chi connectivity index (χ4v) is 5.55. The van der Waals surface area contributed by atoms with Crippen LogP contribution in [0.25, 0.3) is 76.9 Å². The molecule has 176 valence electrons. The van der Waals surface area contributed by atoms with Crippen LogP contribution in [0.4, 0.5) is 0 Å². The summed E-state index contributed by atoms with van der Waals surface area (Å²) in [6, 6.07) is 37.9. The predicted octanol–water partition coefficient (Wildman–Crippen LogP) is 8.37. The van der Waals surface area contributed by atoms with Gasteiger partial charge in [-0.15, -0.1) is 0 Å². The lowest BCUT2D eigenvalue weighted by molar-refractivity contribution is 1.17. The van der Waals surface area contributed by atoms with E-state index in [1.165, 1.54) is 32.3 Å². The maximum absolute atomic E-state index is 4.98. The number of nitrogens with zero attached hydrogens (tertiary/aromatic N) is 4. The average Bonchev–Trinajstić information content (AvgIpc) is 3.01. The second-order valence-electron chi connectivity index (χ2n) is 9.53. The number of rotatable bonds is 2. The van der Waals surface area contributed by atoms with Crippen LogP contribution >= 0.6 is 0 Å². The summed E-state index contributed by atoms with van der Waals surface area (Å²) in [5, 5.41) is 9.57. The van der Waals surface area contributed by atoms with Crippen LogP contribution in [0.15, 0.2) is 122 Å². The van der Waals surface area contributed by atoms with Gasteiger partial charge < -0.3 is 0 Å². The second kappa shape index (κ2) is 8.15. The van der Waals surface area contributed by atoms with Crippen LogP contribution in [0.3, 0.4) is 0 Å². The van der Waals surface area contributed by atoms with Crippen molar-refractivity contribution in [2.45, 2.75) is 0 Å². The second-order valence-corrected chi connectivity index (χ2v) is 9.53. The van der Waals surface area contributed by atoms with Gasteiger partial charge in [-0.05, 0) is 56.6 Å². The zero-order chi connectivity index (χ0) is 25.1. The largest absolute Gasteiger partial charge is 0.254 e. The van der Waals surface area contributed by atoms with Crippen molar-refractivity contribution in [3.05, 3.63) is 122 Å². The number of hydrogen-bond acceptors (Lipinski definition) is 4. The molecule has 0 unspecified atom stereocenters. The summed E-state index contributed by atoms with van der Waals surface area (Å²) < 4.78 is 0. The van der Waals surface area contributed by atoms with Gasteiger partial charge in [-0.2, -0.15) is 0 Å². The van der Waals surface area contributed by atoms with Gasteiger partial charge in [0, 0.05) is 28.7 Å². The first-order chi connectivity index (χ1) is 18.8. The molecule has 0 spiro atoms. The molecule has 8 rings (SSSR count). The van der Waals surface area contributed by atoms with Crippen LogP contribution < -0.4 is 0 Å². The number of benzene rings is 5. The number of pyridine rings is 2. The van der Waals surface area contributed by atoms with Gasteiger partial charge in [0.1, 0.15) is 0 Å². The minimum absolute atomic E-state index is 0.680. The van der Waals surface area contributed by atoms with Crippen molar-refractivity contribution in [1.82, 2.24) is 19.9 Å². The van der Waals surface area contributed by atoms with Crippen molar-refractivity contribution in [3.63, 3.8) is 0 Å². The molecule has 0 N–H and O–H groups in total. The molecule has 0 bridgehead atoms. The van der Waals surface area contributed by atoms with Crippen molar-refractivity contribution >= 4 is 54.1 Å². The van der Waals surface area contributed by atoms with Gasteiger partial charge in [0.2, 0.25) is 0 Å². The van der Waals surface area contributed by atoms with E-state index in [4.69, 9.17) is 9.97 Å². The third kappa shape index (κ3) is 3.17. The lowest BCUT2D eigenvalue weighted by Crippen LogP contribution is -1.94. The van der Waals surface area contributed by atoms with Gasteiger partial charge in [-0.25, -0.2) is 15.0 Å². The van der Waals surface area contributed by atoms with E-state index in [9.17, 15) is 0 Å². The number of fused-ring (bicyclic) bond motifs is 9. The molecule has 0 aliphatic rings. The van der Waals surface area contributed by atoms with Gasteiger partial charge in [-0.1, -0.05) is 84.9 Å². The molecule has 5 aromatic carbocycles. The van der Waals surface area contributed by atoms with E-state index < -0.39 is 0 Å². The average molecular weight is 485 g/mol. The summed E-state index contributed by atoms with van der Waals surface area (Å²) in [6.45, 7) is 0. The Hall–Kier alpha value is -5.22. The summed E-state index contributed by atoms with van der Waals surface area (Å²) >= 11 is 0. The van der Waals surface area contributed by atoms with Crippen molar-refractivity contribution in [2.75, 3.05) is 0 Å². The van der Waals surface area contributed by atoms with Gasteiger partial charge in [0.25, 0.3) is 0 Å². The maximum Gasteiger partial charge on any atom is 0.159 e. The topological polar surface area (TPSA) is 51.6 Å². The van der Waals surface area contributed by atoms with E-state index in [0.29, 0.717) is 5.82 Å². The summed E-state index contributed by atoms with van der Waals surface area (Å²) in [5.41, 5.74) is 4.34. The van der Waals surface area contributed by atoms with Gasteiger partial charge in [0.15, 0.2) is 5.82 Å². The molecule has 0 saturated carbocycles. The van der Waals surface area contributed by atoms with Crippen molar-refractivity contribution in [3.8, 4) is 22.8 Å². The zero-order valence-electron chi connectivity index (χ0n) is 20.3. The van der Waals surface area contributed by atoms with E-state index in [1.54, 1.807) is 0 Å². The molecule has 0 saturated heterocycles. The van der Waals surface area contributed by atoms with Crippen LogP contribution in [0.2, 0.25) is 0 Å². The summed E-state index contributed by atoms with van der Waals surface area (Å²) in [4.78, 5) is 19.2. The lowest BCUT2D eigenvalue weighted by atomic mass is 9.93. The third-order valence-electron chi connectivity index (χ3n) is 7.35. The Morgan fingerprint density at radius 3 is 1.79 bits per heavy atom. The Labute approximate surface area is 218 Å². The highest BCUT2D eigenvalue weighted by atomic mass is 14.9. The van der Waals surface area contributed by atoms with E-state index in [2.05, 4.69) is 101 Å². The first-order valence-electron chi connectivity index (χ1n) is 12.6. The van der Waals surface area contributed by atoms with Gasteiger partial charge in [-0.3, -0.25) is 4.98 Å². The highest BCUT2D eigenvalue weighted by molar-refractivity contribution is 6.25. The first kappa shape index (κ1) is 20.9. The van der Waals surface area contributed by atoms with E-state index in [1.807, 2.05) is 30.6 Å². The Morgan fingerprint density at radius 1 is 0.395 bits per heavy atom. The highest BCUT2D eigenvalue weighted by Crippen LogP contribution is 2.36. The molecule has 38 heavy (non-hydrogen) atoms. The summed E-state index contributed by atoms with van der Waals surface area (Å²) in [6.07, 6.45) is 3.62. The fourth-order valence-electron chi connectivity index (χ4n) is 5.55. The Kier molecular flexibility index (Phi) is 4.49. The predicted molar refractivity (Wildman–Crippen MR) is 156 cm³/mol. The quantitative estimate of drug-likeness (QED) is 0.231. The molecule has 4 heteroatoms. The molecule has 0 amide bonds. The van der Waals surface area contributed by atoms with Crippen LogP contribution in [0, 0.1) is 0 Å². The van der Waals surface area contributed by atoms with Crippen molar-refractivity contribution in [2.24, 2.45) is 0 Å². The third-order valence-corrected chi connectivity index (χ3v) is 7.35. The molecule has 4 nitrogen and oxygen atoms in total. The molecule has 0 aliphatic carbocycles. The first-order valence-corrected chi connectivity index (χ1v) is 12.6. The Balaban J connectivity index is 1.31. The summed E-state index contributed by atoms with van der Waals surface area (Å²) in [7, 11) is 0. The lowest BCUT2D eigenvalue weighted by Gasteiger charge is -2.12. The van der Waals surface area contributed by atoms with Gasteiger partial charge in [0.05, 0.1) is 22.4 Å². The standard InChI is InChI=1S/C34H20N4/c1-2-9-26-24(7-1)25-8-3-4-10-27(25)29-20-23(13-15-28(26)29)34-36-19-17-31(38-34)30-16-14-22-12-11-21-6-5-18-35-32(21)33(22)37-30/h1-20H. The van der Waals surface area contributed by atoms with Crippen molar-refractivity contribution < 1.29 is 0 Å². The molecular formula is C34H20N4. The highest BCUT2D eigenvalue weighted by Gasteiger charge is 2.12. The molecule has 0 aliphatic heterocycles. The van der Waals surface area contributed by atoms with Crippen LogP contribution in [0.1, 0.15) is 0 Å². The normalized spacial score (nSPS) is 11.7. The minimum Gasteiger partial charge on any atom is -0.254 e. The smallest absolute Gasteiger partial charge is 0.159 e. The molecule has 8 aromatic rings. The van der Waals surface area contributed by atoms with Crippen LogP contribution in [0.5, 0.6) is 0 Å². The van der Waals surface area contributed by atoms with Crippen LogP contribution in [-0.2, 0) is 0 Å². The Morgan fingerprint density at radius 2 is 1.03 bits per heavy atom. The fraction of sp³-hybridized carbons (Fsp3) is 0. The molecule has 0 atom stereocenters. The van der Waals surface area contributed by atoms with E-state index in [0.717, 1.165) is 38.8 Å². The van der Waals surface area contributed by atoms with E-state index in [-0.39, 0.29) is 0 Å². The summed E-state index contributed by atoms with van der Waals surface area (Å²) in [5.74, 6) is 0.680. The molecule has 0 radical (unpaired) electrons. The monoisotopic (exact) mass is 484 g/mol. The van der Waals surface area contributed by atoms with Crippen molar-refractivity contribution in [1.29, 1.82) is 0 Å². The van der Waals surface area contributed by atoms with E-state index >= 15 is 0 Å². The number of hydrogen-bond donors (Lipinski definition) is 0. The minimum atomic E-state index is 0.680. The SMILES string of the molecule is c1cnc2c(c1)ccc1ccc(-c3ccnc(-c4ccc5c6ccccc6c6ccccc6c5c4)n3)nc12. The maximum atomic E-state index is 4.98. The molecule has 3 aromatic heterocycles. The molecule has 3 heterocycles. The zero-order valence-corrected chi connectivity index (χ0v) is 20.3. The van der Waals surface area contributed by atoms with Gasteiger partial charge >= 0.3 is 0 Å². The Bertz CT molecular complexity index is 2170. The number of aromatic nitrogens is 4. The molecule has 0 fully saturated rings. The van der Waals surface area contributed by atoms with Crippen LogP contribution in [-0.4, -0.2) is 19.9 Å². The molecular weight excluding hydrogens is 464 g/mol.